The topological polar surface area (TPSA) is 173 Å². The first kappa shape index (κ1) is 35.6. The van der Waals surface area contributed by atoms with E-state index in [4.69, 9.17) is 28.1 Å². The third-order valence-corrected chi connectivity index (χ3v) is 15.2. The molecule has 1 spiro atoms. The van der Waals surface area contributed by atoms with E-state index in [0.29, 0.717) is 63.9 Å². The number of aryl methyl sites for hydroxylation is 1. The van der Waals surface area contributed by atoms with Gasteiger partial charge in [-0.05, 0) is 50.5 Å². The first-order valence-electron chi connectivity index (χ1n) is 19.4. The van der Waals surface area contributed by atoms with Gasteiger partial charge in [0.15, 0.2) is 28.5 Å². The Labute approximate surface area is 331 Å². The van der Waals surface area contributed by atoms with Gasteiger partial charge < -0.3 is 43.4 Å². The Balaban J connectivity index is 1.19. The third kappa shape index (κ3) is 4.39. The van der Waals surface area contributed by atoms with Crippen LogP contribution >= 0.6 is 11.8 Å². The number of phenolic OH excluding ortho intramolecular Hbond substituents is 1. The number of nitrogens with one attached hydrogen (secondary N) is 1. The van der Waals surface area contributed by atoms with E-state index in [0.717, 1.165) is 27.6 Å². The Morgan fingerprint density at radius 2 is 1.89 bits per heavy atom. The van der Waals surface area contributed by atoms with Gasteiger partial charge in [0, 0.05) is 76.5 Å². The number of phenols is 1. The van der Waals surface area contributed by atoms with E-state index >= 15 is 0 Å². The lowest BCUT2D eigenvalue weighted by Crippen LogP contribution is -2.67. The fraction of sp³-hybridized carbons (Fsp3) is 0.476. The predicted octanol–water partition coefficient (Wildman–Crippen LogP) is 4.25. The van der Waals surface area contributed by atoms with Crippen molar-refractivity contribution in [3.8, 4) is 28.7 Å². The molecule has 8 aliphatic heterocycles. The molecule has 4 N–H and O–H groups in total. The Hall–Kier alpha value is -4.51. The molecular formula is C42H43N3O11S. The maximum absolute atomic E-state index is 15.0. The summed E-state index contributed by atoms with van der Waals surface area (Å²) in [5, 5.41) is 39.7. The molecule has 3 saturated heterocycles. The molecule has 4 bridgehead atoms. The summed E-state index contributed by atoms with van der Waals surface area (Å²) in [6.07, 6.45) is 0.740. The molecule has 1 aromatic heterocycles. The molecule has 3 fully saturated rings. The first-order valence-corrected chi connectivity index (χ1v) is 20.4. The molecule has 15 heteroatoms. The summed E-state index contributed by atoms with van der Waals surface area (Å²) >= 11 is 1.45. The first-order chi connectivity index (χ1) is 27.3. The fourth-order valence-electron chi connectivity index (χ4n) is 11.7. The highest BCUT2D eigenvalue weighted by Gasteiger charge is 2.72. The number of rotatable bonds is 3. The highest BCUT2D eigenvalue weighted by atomic mass is 32.2. The zero-order chi connectivity index (χ0) is 39.5. The van der Waals surface area contributed by atoms with Crippen LogP contribution in [-0.4, -0.2) is 94.3 Å². The summed E-state index contributed by atoms with van der Waals surface area (Å²) in [5.41, 5.74) is 2.13. The molecule has 3 unspecified atom stereocenters. The number of nitrogens with zero attached hydrogens (tertiary/aromatic N) is 2. The number of thioether (sulfide) groups is 1. The van der Waals surface area contributed by atoms with E-state index in [-0.39, 0.29) is 38.1 Å². The SMILES string of the molecule is COc1c(C)cc2c(c1O)[C@@H]1C3[C@@H]4SC[C@]5(N[C@H](CO)Cc6c5oc5ccccc65)C(=O)OC[C@@H](c5c6c(c(C)c(OC(C)=O)c54)OCO6)N3C3(O)CN1C2(C)C3. The van der Waals surface area contributed by atoms with E-state index in [1.807, 2.05) is 38.1 Å². The second-order valence-corrected chi connectivity index (χ2v) is 17.9. The van der Waals surface area contributed by atoms with Crippen LogP contribution in [0, 0.1) is 13.8 Å². The van der Waals surface area contributed by atoms with Gasteiger partial charge in [-0.2, -0.15) is 0 Å². The van der Waals surface area contributed by atoms with Crippen LogP contribution in [0.1, 0.15) is 82.3 Å². The van der Waals surface area contributed by atoms with Gasteiger partial charge >= 0.3 is 11.9 Å². The molecule has 9 heterocycles. The van der Waals surface area contributed by atoms with Crippen molar-refractivity contribution in [2.45, 2.75) is 86.8 Å². The smallest absolute Gasteiger partial charge is 0.335 e. The molecule has 0 aliphatic carbocycles. The molecule has 0 saturated carbocycles. The minimum absolute atomic E-state index is 0.0494. The minimum atomic E-state index is -1.53. The Morgan fingerprint density at radius 1 is 1.11 bits per heavy atom. The van der Waals surface area contributed by atoms with Gasteiger partial charge in [-0.15, -0.1) is 11.8 Å². The van der Waals surface area contributed by atoms with Crippen LogP contribution in [0.5, 0.6) is 28.7 Å². The van der Waals surface area contributed by atoms with Gasteiger partial charge in [-0.25, -0.2) is 4.79 Å². The fourth-order valence-corrected chi connectivity index (χ4v) is 13.3. The van der Waals surface area contributed by atoms with Crippen LogP contribution in [0.3, 0.4) is 0 Å². The molecule has 12 rings (SSSR count). The number of aliphatic hydroxyl groups excluding tert-OH is 1. The second kappa shape index (κ2) is 11.8. The average Bonchev–Trinajstić information content (AvgIpc) is 3.93. The van der Waals surface area contributed by atoms with Gasteiger partial charge in [-0.3, -0.25) is 19.9 Å². The number of benzene rings is 3. The third-order valence-electron chi connectivity index (χ3n) is 13.7. The van der Waals surface area contributed by atoms with Gasteiger partial charge in [-0.1, -0.05) is 18.2 Å². The summed E-state index contributed by atoms with van der Waals surface area (Å²) in [6.45, 7) is 6.94. The van der Waals surface area contributed by atoms with Crippen molar-refractivity contribution < 1.29 is 53.0 Å². The molecule has 14 nitrogen and oxygen atoms in total. The Morgan fingerprint density at radius 3 is 2.67 bits per heavy atom. The number of hydrogen-bond acceptors (Lipinski definition) is 15. The summed E-state index contributed by atoms with van der Waals surface area (Å²) in [5.74, 6) is 1.05. The largest absolute Gasteiger partial charge is 0.504 e. The number of aromatic hydroxyl groups is 1. The number of piperazine rings is 1. The van der Waals surface area contributed by atoms with Crippen molar-refractivity contribution >= 4 is 34.7 Å². The van der Waals surface area contributed by atoms with Gasteiger partial charge in [0.1, 0.15) is 29.4 Å². The number of aliphatic hydroxyl groups is 2. The van der Waals surface area contributed by atoms with Crippen LogP contribution in [0.25, 0.3) is 11.0 Å². The lowest BCUT2D eigenvalue weighted by atomic mass is 9.75. The number of carbonyl (C=O) groups excluding carboxylic acids is 2. The zero-order valence-corrected chi connectivity index (χ0v) is 33.0. The van der Waals surface area contributed by atoms with E-state index in [1.54, 1.807) is 7.11 Å². The molecule has 8 atom stereocenters. The van der Waals surface area contributed by atoms with Crippen molar-refractivity contribution in [1.82, 2.24) is 15.1 Å². The quantitative estimate of drug-likeness (QED) is 0.171. The number of carbonyl (C=O) groups is 2. The average molecular weight is 798 g/mol. The number of furan rings is 1. The second-order valence-electron chi connectivity index (χ2n) is 16.8. The van der Waals surface area contributed by atoms with Crippen molar-refractivity contribution in [1.29, 1.82) is 0 Å². The number of fused-ring (bicyclic) bond motifs is 11. The molecule has 0 amide bonds. The zero-order valence-electron chi connectivity index (χ0n) is 32.1. The Kier molecular flexibility index (Phi) is 7.37. The van der Waals surface area contributed by atoms with Crippen molar-refractivity contribution in [2.24, 2.45) is 0 Å². The molecule has 4 aromatic rings. The van der Waals surface area contributed by atoms with Gasteiger partial charge in [0.2, 0.25) is 6.79 Å². The Bertz CT molecular complexity index is 2470. The predicted molar refractivity (Wildman–Crippen MR) is 205 cm³/mol. The molecule has 8 aliphatic rings. The maximum atomic E-state index is 15.0. The normalized spacial score (nSPS) is 33.2. The summed E-state index contributed by atoms with van der Waals surface area (Å²) < 4.78 is 37.3. The number of methoxy groups -OCH3 is 1. The van der Waals surface area contributed by atoms with E-state index < -0.39 is 58.2 Å². The highest BCUT2D eigenvalue weighted by molar-refractivity contribution is 7.99. The molecule has 0 radical (unpaired) electrons. The van der Waals surface area contributed by atoms with Gasteiger partial charge in [0.25, 0.3) is 0 Å². The molecule has 57 heavy (non-hydrogen) atoms. The van der Waals surface area contributed by atoms with Crippen molar-refractivity contribution in [3.63, 3.8) is 0 Å². The van der Waals surface area contributed by atoms with Crippen molar-refractivity contribution in [2.75, 3.05) is 39.4 Å². The number of ether oxygens (including phenoxy) is 5. The van der Waals surface area contributed by atoms with Crippen molar-refractivity contribution in [3.05, 3.63) is 75.0 Å². The van der Waals surface area contributed by atoms with Gasteiger partial charge in [0.05, 0.1) is 31.1 Å². The standard InChI is InChI=1S/C42H43N3O11S/c1-18-10-24-27(32(48)33(18)51-5)30-31-37-29-28(36-35(53-17-54-36)19(2)34(29)55-20(3)47)25(45(31)41(50)14-40(24,4)44(30)15-41)13-52-39(49)42(16-57-37)38-23(11-21(12-46)43-42)22-8-6-7-9-26(22)56-38/h6-10,21,25,30-31,37,43,46,48,50H,11-17H2,1-5H3/t21-,25-,30+,31?,37+,40?,41?,42+/m0/s1. The minimum Gasteiger partial charge on any atom is -0.504 e. The van der Waals surface area contributed by atoms with Crippen LogP contribution in [0.15, 0.2) is 34.7 Å². The number of hydrogen-bond donors (Lipinski definition) is 4. The summed E-state index contributed by atoms with van der Waals surface area (Å²) in [6, 6.07) is 7.33. The van der Waals surface area contributed by atoms with Crippen LogP contribution < -0.4 is 24.3 Å². The van der Waals surface area contributed by atoms with Crippen LogP contribution in [0.4, 0.5) is 0 Å². The molecular weight excluding hydrogens is 755 g/mol. The molecule has 298 valence electrons. The maximum Gasteiger partial charge on any atom is 0.335 e. The highest BCUT2D eigenvalue weighted by Crippen LogP contribution is 2.71. The summed E-state index contributed by atoms with van der Waals surface area (Å²) in [4.78, 5) is 32.4. The number of para-hydroxylation sites is 1. The summed E-state index contributed by atoms with van der Waals surface area (Å²) in [7, 11) is 1.55. The number of esters is 2. The molecule has 3 aromatic carbocycles. The van der Waals surface area contributed by atoms with E-state index in [2.05, 4.69) is 28.1 Å². The van der Waals surface area contributed by atoms with Crippen LogP contribution in [0.2, 0.25) is 0 Å². The van der Waals surface area contributed by atoms with E-state index in [1.165, 1.54) is 18.7 Å². The van der Waals surface area contributed by atoms with E-state index in [9.17, 15) is 24.9 Å². The monoisotopic (exact) mass is 797 g/mol. The lowest BCUT2D eigenvalue weighted by Gasteiger charge is -2.59. The lowest BCUT2D eigenvalue weighted by molar-refractivity contribution is -0.196. The van der Waals surface area contributed by atoms with Crippen LogP contribution in [-0.2, 0) is 31.8 Å².